The van der Waals surface area contributed by atoms with Crippen LogP contribution in [0.2, 0.25) is 0 Å². The largest absolute Gasteiger partial charge is 0.456 e. The van der Waals surface area contributed by atoms with E-state index in [1.165, 1.54) is 16.2 Å². The summed E-state index contributed by atoms with van der Waals surface area (Å²) in [6.45, 7) is 0. The van der Waals surface area contributed by atoms with Gasteiger partial charge in [-0.3, -0.25) is 4.98 Å². The minimum Gasteiger partial charge on any atom is -0.456 e. The van der Waals surface area contributed by atoms with Crippen LogP contribution < -0.4 is 0 Å². The van der Waals surface area contributed by atoms with Gasteiger partial charge in [-0.15, -0.1) is 0 Å². The molecule has 0 spiro atoms. The Balaban J connectivity index is 1.17. The highest BCUT2D eigenvalue weighted by Gasteiger charge is 2.20. The molecule has 0 bridgehead atoms. The van der Waals surface area contributed by atoms with Crippen LogP contribution in [0.15, 0.2) is 175 Å². The summed E-state index contributed by atoms with van der Waals surface area (Å²) in [6, 6.07) is 54.7. The Morgan fingerprint density at radius 3 is 1.87 bits per heavy atom. The molecule has 5 heteroatoms. The fourth-order valence-corrected chi connectivity index (χ4v) is 8.03. The standard InChI is InChI=1S/C48H28N4O/c1-2-12-30(13-3-1)46-50-47(52-48(51-46)40-27-31-24-23-29-11-4-5-14-32(29)44(31)41-28-49-26-25-36(40)41)38-20-9-16-33-34(17-8-18-35(33)38)37-19-10-22-43-45(37)39-15-6-7-21-42(39)53-43/h1-28H. The summed E-state index contributed by atoms with van der Waals surface area (Å²) in [6.07, 6.45) is 3.81. The van der Waals surface area contributed by atoms with Crippen LogP contribution in [-0.4, -0.2) is 19.9 Å². The predicted molar refractivity (Wildman–Crippen MR) is 217 cm³/mol. The molecule has 0 atom stereocenters. The zero-order chi connectivity index (χ0) is 34.9. The van der Waals surface area contributed by atoms with Gasteiger partial charge in [0, 0.05) is 45.2 Å². The maximum absolute atomic E-state index is 6.28. The van der Waals surface area contributed by atoms with Crippen LogP contribution in [0.1, 0.15) is 0 Å². The third kappa shape index (κ3) is 4.64. The Labute approximate surface area is 303 Å². The van der Waals surface area contributed by atoms with Crippen molar-refractivity contribution < 1.29 is 4.42 Å². The average Bonchev–Trinajstić information content (AvgIpc) is 3.62. The Hall–Kier alpha value is -7.24. The summed E-state index contributed by atoms with van der Waals surface area (Å²) in [5.74, 6) is 1.85. The first-order valence-electron chi connectivity index (χ1n) is 17.7. The van der Waals surface area contributed by atoms with E-state index in [9.17, 15) is 0 Å². The molecule has 11 rings (SSSR count). The molecule has 11 aromatic rings. The average molecular weight is 677 g/mol. The van der Waals surface area contributed by atoms with Crippen LogP contribution in [0.25, 0.3) is 110 Å². The van der Waals surface area contributed by atoms with Crippen molar-refractivity contribution in [3.8, 4) is 45.3 Å². The van der Waals surface area contributed by atoms with E-state index in [0.717, 1.165) is 76.7 Å². The van der Waals surface area contributed by atoms with Gasteiger partial charge in [-0.2, -0.15) is 0 Å². The molecule has 3 aromatic heterocycles. The normalized spacial score (nSPS) is 11.8. The Morgan fingerprint density at radius 1 is 0.358 bits per heavy atom. The lowest BCUT2D eigenvalue weighted by atomic mass is 9.92. The molecule has 0 unspecified atom stereocenters. The molecule has 5 nitrogen and oxygen atoms in total. The fraction of sp³-hybridized carbons (Fsp3) is 0. The number of aromatic nitrogens is 4. The molecule has 0 aliphatic rings. The molecule has 0 aliphatic heterocycles. The van der Waals surface area contributed by atoms with E-state index in [4.69, 9.17) is 19.4 Å². The minimum atomic E-state index is 0.614. The first-order chi connectivity index (χ1) is 26.3. The van der Waals surface area contributed by atoms with Crippen molar-refractivity contribution in [3.63, 3.8) is 0 Å². The number of furan rings is 1. The highest BCUT2D eigenvalue weighted by Crippen LogP contribution is 2.42. The molecule has 0 amide bonds. The number of hydrogen-bond acceptors (Lipinski definition) is 5. The molecule has 8 aromatic carbocycles. The summed E-state index contributed by atoms with van der Waals surface area (Å²) in [4.78, 5) is 20.2. The van der Waals surface area contributed by atoms with Crippen molar-refractivity contribution in [2.45, 2.75) is 0 Å². The number of benzene rings is 8. The smallest absolute Gasteiger partial charge is 0.164 e. The van der Waals surface area contributed by atoms with Crippen molar-refractivity contribution in [2.24, 2.45) is 0 Å². The van der Waals surface area contributed by atoms with Gasteiger partial charge < -0.3 is 4.42 Å². The molecule has 0 aliphatic carbocycles. The number of rotatable bonds is 4. The molecular formula is C48H28N4O. The predicted octanol–water partition coefficient (Wildman–Crippen LogP) is 12.4. The quantitative estimate of drug-likeness (QED) is 0.174. The SMILES string of the molecule is c1ccc(-c2nc(-c3cccc4c(-c5cccc6oc7ccccc7c56)cccc34)nc(-c3cc4ccc5ccccc5c4c4cnccc34)n2)cc1. The molecule has 0 radical (unpaired) electrons. The topological polar surface area (TPSA) is 64.7 Å². The van der Waals surface area contributed by atoms with Gasteiger partial charge in [-0.1, -0.05) is 133 Å². The van der Waals surface area contributed by atoms with Gasteiger partial charge in [-0.05, 0) is 73.1 Å². The maximum Gasteiger partial charge on any atom is 0.164 e. The van der Waals surface area contributed by atoms with E-state index >= 15 is 0 Å². The zero-order valence-electron chi connectivity index (χ0n) is 28.4. The lowest BCUT2D eigenvalue weighted by Crippen LogP contribution is -2.01. The maximum atomic E-state index is 6.28. The van der Waals surface area contributed by atoms with E-state index in [0.29, 0.717) is 17.5 Å². The molecule has 0 N–H and O–H groups in total. The number of nitrogens with zero attached hydrogens (tertiary/aromatic N) is 4. The van der Waals surface area contributed by atoms with Crippen molar-refractivity contribution in [1.82, 2.24) is 19.9 Å². The lowest BCUT2D eigenvalue weighted by Gasteiger charge is -2.15. The van der Waals surface area contributed by atoms with E-state index in [1.54, 1.807) is 0 Å². The van der Waals surface area contributed by atoms with E-state index in [1.807, 2.05) is 48.8 Å². The van der Waals surface area contributed by atoms with Crippen molar-refractivity contribution in [3.05, 3.63) is 170 Å². The molecule has 246 valence electrons. The molecule has 3 heterocycles. The molecule has 0 saturated carbocycles. The van der Waals surface area contributed by atoms with Gasteiger partial charge >= 0.3 is 0 Å². The molecular weight excluding hydrogens is 649 g/mol. The van der Waals surface area contributed by atoms with Crippen LogP contribution in [0.4, 0.5) is 0 Å². The fourth-order valence-electron chi connectivity index (χ4n) is 8.03. The third-order valence-corrected chi connectivity index (χ3v) is 10.4. The summed E-state index contributed by atoms with van der Waals surface area (Å²) in [7, 11) is 0. The van der Waals surface area contributed by atoms with E-state index in [2.05, 4.69) is 126 Å². The number of pyridine rings is 1. The van der Waals surface area contributed by atoms with Gasteiger partial charge in [0.2, 0.25) is 0 Å². The summed E-state index contributed by atoms with van der Waals surface area (Å²) in [5, 5.41) is 11.2. The summed E-state index contributed by atoms with van der Waals surface area (Å²) in [5.41, 5.74) is 6.80. The second-order valence-electron chi connectivity index (χ2n) is 13.4. The van der Waals surface area contributed by atoms with Crippen molar-refractivity contribution in [2.75, 3.05) is 0 Å². The highest BCUT2D eigenvalue weighted by molar-refractivity contribution is 6.23. The molecule has 0 saturated heterocycles. The van der Waals surface area contributed by atoms with Gasteiger partial charge in [0.15, 0.2) is 17.5 Å². The number of hydrogen-bond donors (Lipinski definition) is 0. The van der Waals surface area contributed by atoms with Crippen LogP contribution in [0, 0.1) is 0 Å². The zero-order valence-corrected chi connectivity index (χ0v) is 28.4. The van der Waals surface area contributed by atoms with E-state index < -0.39 is 0 Å². The van der Waals surface area contributed by atoms with Gasteiger partial charge in [0.1, 0.15) is 11.2 Å². The Morgan fingerprint density at radius 2 is 0.981 bits per heavy atom. The van der Waals surface area contributed by atoms with Crippen LogP contribution in [-0.2, 0) is 0 Å². The summed E-state index contributed by atoms with van der Waals surface area (Å²) >= 11 is 0. The molecule has 53 heavy (non-hydrogen) atoms. The number of para-hydroxylation sites is 1. The number of fused-ring (bicyclic) bond motifs is 9. The Kier molecular flexibility index (Phi) is 6.48. The first-order valence-corrected chi connectivity index (χ1v) is 17.7. The lowest BCUT2D eigenvalue weighted by molar-refractivity contribution is 0.669. The van der Waals surface area contributed by atoms with Crippen molar-refractivity contribution in [1.29, 1.82) is 0 Å². The second kappa shape index (κ2) is 11.7. The van der Waals surface area contributed by atoms with Gasteiger partial charge in [-0.25, -0.2) is 15.0 Å². The highest BCUT2D eigenvalue weighted by atomic mass is 16.3. The van der Waals surface area contributed by atoms with Crippen molar-refractivity contribution >= 4 is 65.0 Å². The van der Waals surface area contributed by atoms with Crippen LogP contribution in [0.5, 0.6) is 0 Å². The second-order valence-corrected chi connectivity index (χ2v) is 13.4. The summed E-state index contributed by atoms with van der Waals surface area (Å²) < 4.78 is 6.28. The first kappa shape index (κ1) is 29.5. The third-order valence-electron chi connectivity index (χ3n) is 10.4. The van der Waals surface area contributed by atoms with Gasteiger partial charge in [0.25, 0.3) is 0 Å². The minimum absolute atomic E-state index is 0.614. The van der Waals surface area contributed by atoms with Crippen LogP contribution >= 0.6 is 0 Å². The van der Waals surface area contributed by atoms with E-state index in [-0.39, 0.29) is 0 Å². The molecule has 0 fully saturated rings. The van der Waals surface area contributed by atoms with Crippen LogP contribution in [0.3, 0.4) is 0 Å². The monoisotopic (exact) mass is 676 g/mol. The van der Waals surface area contributed by atoms with Gasteiger partial charge in [0.05, 0.1) is 0 Å². The Bertz CT molecular complexity index is 3240.